The van der Waals surface area contributed by atoms with E-state index in [2.05, 4.69) is 21.4 Å². The number of aromatic hydroxyl groups is 1. The number of aliphatic hydroxyl groups excluding tert-OH is 1. The Morgan fingerprint density at radius 3 is 2.82 bits per heavy atom. The van der Waals surface area contributed by atoms with Gasteiger partial charge in [-0.3, -0.25) is 4.79 Å². The number of aliphatic hydroxyl groups is 1. The van der Waals surface area contributed by atoms with E-state index < -0.39 is 5.56 Å². The summed E-state index contributed by atoms with van der Waals surface area (Å²) >= 11 is 1.42. The first-order valence-electron chi connectivity index (χ1n) is 8.60. The molecule has 144 valence electrons. The minimum atomic E-state index is -0.470. The van der Waals surface area contributed by atoms with E-state index in [-0.39, 0.29) is 30.1 Å². The maximum atomic E-state index is 12.5. The number of phenols is 1. The van der Waals surface area contributed by atoms with Crippen molar-refractivity contribution in [1.29, 1.82) is 0 Å². The number of aromatic amines is 1. The third kappa shape index (κ3) is 3.19. The first-order chi connectivity index (χ1) is 13.5. The molecule has 0 fully saturated rings. The van der Waals surface area contributed by atoms with E-state index in [1.54, 1.807) is 4.52 Å². The van der Waals surface area contributed by atoms with Crippen molar-refractivity contribution < 1.29 is 14.9 Å². The fraction of sp³-hybridized carbons (Fsp3) is 0.211. The summed E-state index contributed by atoms with van der Waals surface area (Å²) in [5.74, 6) is -0.0247. The molecule has 8 nitrogen and oxygen atoms in total. The van der Waals surface area contributed by atoms with E-state index in [0.29, 0.717) is 16.2 Å². The monoisotopic (exact) mass is 398 g/mol. The molecule has 0 aliphatic heterocycles. The van der Waals surface area contributed by atoms with E-state index in [4.69, 9.17) is 9.84 Å². The van der Waals surface area contributed by atoms with Gasteiger partial charge < -0.3 is 14.9 Å². The number of fused-ring (bicyclic) bond motifs is 3. The molecule has 3 N–H and O–H groups in total. The molecular formula is C19H18N4O4S. The van der Waals surface area contributed by atoms with Crippen molar-refractivity contribution in [2.24, 2.45) is 0 Å². The van der Waals surface area contributed by atoms with Crippen molar-refractivity contribution in [2.75, 3.05) is 13.2 Å². The van der Waals surface area contributed by atoms with Gasteiger partial charge in [0.2, 0.25) is 0 Å². The zero-order chi connectivity index (χ0) is 19.8. The van der Waals surface area contributed by atoms with Crippen LogP contribution in [0.25, 0.3) is 16.6 Å². The second-order valence-electron chi connectivity index (χ2n) is 6.37. The molecule has 4 aromatic rings. The first kappa shape index (κ1) is 18.3. The minimum absolute atomic E-state index is 0.0268. The molecular weight excluding hydrogens is 380 g/mol. The molecule has 2 aromatic carbocycles. The zero-order valence-electron chi connectivity index (χ0n) is 15.3. The predicted molar refractivity (Wildman–Crippen MR) is 105 cm³/mol. The highest BCUT2D eigenvalue weighted by atomic mass is 32.2. The van der Waals surface area contributed by atoms with Crippen molar-refractivity contribution in [3.63, 3.8) is 0 Å². The molecule has 0 bridgehead atoms. The second kappa shape index (κ2) is 7.17. The van der Waals surface area contributed by atoms with Crippen molar-refractivity contribution in [3.05, 3.63) is 51.8 Å². The Labute approximate surface area is 163 Å². The number of ether oxygens (including phenoxy) is 1. The van der Waals surface area contributed by atoms with E-state index in [0.717, 1.165) is 10.5 Å². The average molecular weight is 398 g/mol. The number of nitrogens with zero attached hydrogens (tertiary/aromatic N) is 3. The minimum Gasteiger partial charge on any atom is -0.504 e. The van der Waals surface area contributed by atoms with Crippen LogP contribution in [0, 0.1) is 13.8 Å². The Hall–Kier alpha value is -3.04. The normalized spacial score (nSPS) is 11.4. The Bertz CT molecular complexity index is 1250. The number of aromatic nitrogens is 4. The van der Waals surface area contributed by atoms with Gasteiger partial charge in [-0.2, -0.15) is 4.98 Å². The van der Waals surface area contributed by atoms with Gasteiger partial charge in [-0.25, -0.2) is 9.73 Å². The van der Waals surface area contributed by atoms with Gasteiger partial charge in [-0.1, -0.05) is 29.5 Å². The number of nitrogens with one attached hydrogen (secondary N) is 1. The van der Waals surface area contributed by atoms with Crippen LogP contribution in [-0.2, 0) is 0 Å². The predicted octanol–water partition coefficient (Wildman–Crippen LogP) is 2.42. The molecule has 9 heteroatoms. The fourth-order valence-electron chi connectivity index (χ4n) is 2.98. The second-order valence-corrected chi connectivity index (χ2v) is 7.40. The zero-order valence-corrected chi connectivity index (χ0v) is 16.1. The van der Waals surface area contributed by atoms with Gasteiger partial charge in [0, 0.05) is 11.0 Å². The van der Waals surface area contributed by atoms with Crippen molar-refractivity contribution >= 4 is 28.3 Å². The summed E-state index contributed by atoms with van der Waals surface area (Å²) in [6.07, 6.45) is 0. The van der Waals surface area contributed by atoms with E-state index in [1.807, 2.05) is 26.0 Å². The number of H-pyrrole nitrogens is 1. The fourth-order valence-corrected chi connectivity index (χ4v) is 3.86. The number of rotatable bonds is 5. The number of phenolic OH excluding ortho intramolecular Hbond substituents is 1. The van der Waals surface area contributed by atoms with E-state index >= 15 is 0 Å². The molecule has 0 amide bonds. The number of hydrogen-bond donors (Lipinski definition) is 3. The molecule has 0 aliphatic rings. The third-order valence-corrected chi connectivity index (χ3v) is 5.44. The molecule has 0 spiro atoms. The van der Waals surface area contributed by atoms with Crippen LogP contribution in [0.3, 0.4) is 0 Å². The van der Waals surface area contributed by atoms with Crippen LogP contribution >= 0.6 is 11.8 Å². The quantitative estimate of drug-likeness (QED) is 0.473. The molecule has 0 saturated carbocycles. The Morgan fingerprint density at radius 1 is 1.25 bits per heavy atom. The molecule has 0 unspecified atom stereocenters. The van der Waals surface area contributed by atoms with E-state index in [9.17, 15) is 9.90 Å². The lowest BCUT2D eigenvalue weighted by Gasteiger charge is -2.09. The van der Waals surface area contributed by atoms with Crippen LogP contribution in [0.4, 0.5) is 0 Å². The average Bonchev–Trinajstić information content (AvgIpc) is 3.05. The van der Waals surface area contributed by atoms with Crippen LogP contribution < -0.4 is 10.3 Å². The lowest BCUT2D eigenvalue weighted by Crippen LogP contribution is -2.11. The molecule has 0 saturated heterocycles. The van der Waals surface area contributed by atoms with Crippen LogP contribution in [-0.4, -0.2) is 43.2 Å². The topological polar surface area (TPSA) is 113 Å². The molecule has 28 heavy (non-hydrogen) atoms. The maximum absolute atomic E-state index is 12.5. The smallest absolute Gasteiger partial charge is 0.281 e. The maximum Gasteiger partial charge on any atom is 0.281 e. The van der Waals surface area contributed by atoms with Gasteiger partial charge in [0.1, 0.15) is 6.61 Å². The summed E-state index contributed by atoms with van der Waals surface area (Å²) in [6, 6.07) is 8.95. The van der Waals surface area contributed by atoms with Gasteiger partial charge in [0.25, 0.3) is 5.56 Å². The van der Waals surface area contributed by atoms with Gasteiger partial charge in [-0.05, 0) is 31.5 Å². The lowest BCUT2D eigenvalue weighted by atomic mass is 10.2. The summed E-state index contributed by atoms with van der Waals surface area (Å²) in [6.45, 7) is 3.89. The SMILES string of the molecule is Cc1ccc(Sc2n[nH]n3c2nc(=O)c2cc(O)c(OCCO)cc23)c(C)c1. The summed E-state index contributed by atoms with van der Waals surface area (Å²) in [7, 11) is 0. The number of hydrogen-bond acceptors (Lipinski definition) is 7. The Balaban J connectivity index is 1.86. The standard InChI is InChI=1S/C19H18N4O4S/c1-10-3-4-16(11(2)7-10)28-19-17-20-18(26)12-8-14(25)15(27-6-5-24)9-13(12)23(17)22-21-19/h3-4,7-9,22,24-25H,5-6H2,1-2H3. The van der Waals surface area contributed by atoms with Crippen LogP contribution in [0.15, 0.2) is 45.0 Å². The highest BCUT2D eigenvalue weighted by molar-refractivity contribution is 7.99. The van der Waals surface area contributed by atoms with Gasteiger partial charge in [0.15, 0.2) is 22.2 Å². The first-order valence-corrected chi connectivity index (χ1v) is 9.42. The highest BCUT2D eigenvalue weighted by Crippen LogP contribution is 2.34. The molecule has 2 aromatic heterocycles. The third-order valence-electron chi connectivity index (χ3n) is 4.30. The molecule has 2 heterocycles. The molecule has 4 rings (SSSR count). The van der Waals surface area contributed by atoms with Gasteiger partial charge in [0.05, 0.1) is 17.5 Å². The summed E-state index contributed by atoms with van der Waals surface area (Å²) in [5.41, 5.74) is 2.67. The lowest BCUT2D eigenvalue weighted by molar-refractivity contribution is 0.197. The van der Waals surface area contributed by atoms with Gasteiger partial charge >= 0.3 is 0 Å². The van der Waals surface area contributed by atoms with Crippen molar-refractivity contribution in [3.8, 4) is 11.5 Å². The molecule has 0 atom stereocenters. The molecule has 0 radical (unpaired) electrons. The number of aryl methyl sites for hydroxylation is 2. The van der Waals surface area contributed by atoms with E-state index in [1.165, 1.54) is 29.5 Å². The highest BCUT2D eigenvalue weighted by Gasteiger charge is 2.17. The summed E-state index contributed by atoms with van der Waals surface area (Å²) in [4.78, 5) is 17.7. The Morgan fingerprint density at radius 2 is 2.07 bits per heavy atom. The summed E-state index contributed by atoms with van der Waals surface area (Å²) < 4.78 is 6.91. The van der Waals surface area contributed by atoms with Crippen LogP contribution in [0.5, 0.6) is 11.5 Å². The number of benzene rings is 2. The van der Waals surface area contributed by atoms with Crippen LogP contribution in [0.2, 0.25) is 0 Å². The molecule has 0 aliphatic carbocycles. The van der Waals surface area contributed by atoms with Gasteiger partial charge in [-0.15, -0.1) is 5.10 Å². The van der Waals surface area contributed by atoms with Crippen molar-refractivity contribution in [2.45, 2.75) is 23.8 Å². The van der Waals surface area contributed by atoms with Crippen molar-refractivity contribution in [1.82, 2.24) is 19.8 Å². The van der Waals surface area contributed by atoms with Crippen LogP contribution in [0.1, 0.15) is 11.1 Å². The summed E-state index contributed by atoms with van der Waals surface area (Å²) in [5, 5.41) is 27.0. The largest absolute Gasteiger partial charge is 0.504 e. The Kier molecular flexibility index (Phi) is 4.70.